The maximum absolute atomic E-state index is 10.2. The number of aryl methyl sites for hydroxylation is 1. The maximum Gasteiger partial charge on any atom is 0.0961 e. The topological polar surface area (TPSA) is 20.2 Å². The van der Waals surface area contributed by atoms with Crippen molar-refractivity contribution in [2.75, 3.05) is 0 Å². The molecular formula is C11H15ClOS. The maximum atomic E-state index is 10.2. The van der Waals surface area contributed by atoms with Crippen molar-refractivity contribution in [2.45, 2.75) is 39.2 Å². The summed E-state index contributed by atoms with van der Waals surface area (Å²) in [4.78, 5) is 1.03. The van der Waals surface area contributed by atoms with E-state index in [0.29, 0.717) is 0 Å². The van der Waals surface area contributed by atoms with E-state index >= 15 is 0 Å². The van der Waals surface area contributed by atoms with Gasteiger partial charge in [-0.05, 0) is 37.8 Å². The summed E-state index contributed by atoms with van der Waals surface area (Å²) < 4.78 is 0.811. The SMILES string of the molecule is CCC1(C(O)c2cc(C)c(Cl)s2)CC1. The molecule has 1 aliphatic rings. The van der Waals surface area contributed by atoms with Gasteiger partial charge in [-0.25, -0.2) is 0 Å². The minimum Gasteiger partial charge on any atom is -0.387 e. The average molecular weight is 231 g/mol. The first-order valence-corrected chi connectivity index (χ1v) is 6.22. The Kier molecular flexibility index (Phi) is 2.63. The molecule has 78 valence electrons. The zero-order chi connectivity index (χ0) is 10.3. The average Bonchev–Trinajstić information content (AvgIpc) is 2.90. The van der Waals surface area contributed by atoms with Crippen LogP contribution in [0.1, 0.15) is 42.7 Å². The van der Waals surface area contributed by atoms with Crippen LogP contribution in [-0.4, -0.2) is 5.11 Å². The van der Waals surface area contributed by atoms with Gasteiger partial charge in [-0.2, -0.15) is 0 Å². The molecule has 0 bridgehead atoms. The van der Waals surface area contributed by atoms with Gasteiger partial charge in [0, 0.05) is 10.3 Å². The lowest BCUT2D eigenvalue weighted by Gasteiger charge is -2.18. The van der Waals surface area contributed by atoms with Gasteiger partial charge < -0.3 is 5.11 Å². The van der Waals surface area contributed by atoms with Crippen LogP contribution in [0.15, 0.2) is 6.07 Å². The Labute approximate surface area is 93.7 Å². The zero-order valence-corrected chi connectivity index (χ0v) is 10.1. The highest BCUT2D eigenvalue weighted by Crippen LogP contribution is 2.58. The van der Waals surface area contributed by atoms with Gasteiger partial charge in [-0.3, -0.25) is 0 Å². The fraction of sp³-hybridized carbons (Fsp3) is 0.636. The van der Waals surface area contributed by atoms with Gasteiger partial charge in [0.1, 0.15) is 0 Å². The monoisotopic (exact) mass is 230 g/mol. The van der Waals surface area contributed by atoms with E-state index in [1.807, 2.05) is 13.0 Å². The Balaban J connectivity index is 2.23. The van der Waals surface area contributed by atoms with E-state index in [9.17, 15) is 5.11 Å². The predicted octanol–water partition coefficient (Wildman–Crippen LogP) is 3.93. The van der Waals surface area contributed by atoms with Crippen LogP contribution in [-0.2, 0) is 0 Å². The van der Waals surface area contributed by atoms with E-state index in [0.717, 1.165) is 34.0 Å². The van der Waals surface area contributed by atoms with Crippen molar-refractivity contribution in [3.05, 3.63) is 20.8 Å². The lowest BCUT2D eigenvalue weighted by Crippen LogP contribution is -2.11. The van der Waals surface area contributed by atoms with Crippen molar-refractivity contribution in [1.29, 1.82) is 0 Å². The number of halogens is 1. The van der Waals surface area contributed by atoms with Crippen molar-refractivity contribution in [3.63, 3.8) is 0 Å². The Morgan fingerprint density at radius 2 is 2.29 bits per heavy atom. The van der Waals surface area contributed by atoms with Crippen LogP contribution in [0.25, 0.3) is 0 Å². The van der Waals surface area contributed by atoms with E-state index in [2.05, 4.69) is 6.92 Å². The third kappa shape index (κ3) is 1.60. The molecule has 1 aliphatic carbocycles. The first kappa shape index (κ1) is 10.5. The van der Waals surface area contributed by atoms with Gasteiger partial charge in [-0.1, -0.05) is 18.5 Å². The molecule has 1 nitrogen and oxygen atoms in total. The normalized spacial score (nSPS) is 20.9. The van der Waals surface area contributed by atoms with Crippen LogP contribution in [0.5, 0.6) is 0 Å². The van der Waals surface area contributed by atoms with Crippen molar-refractivity contribution < 1.29 is 5.11 Å². The summed E-state index contributed by atoms with van der Waals surface area (Å²) in [5.41, 5.74) is 1.25. The molecule has 1 atom stereocenters. The number of aliphatic hydroxyl groups excluding tert-OH is 1. The highest BCUT2D eigenvalue weighted by molar-refractivity contribution is 7.16. The van der Waals surface area contributed by atoms with E-state index in [4.69, 9.17) is 11.6 Å². The molecule has 1 N–H and O–H groups in total. The first-order chi connectivity index (χ1) is 6.59. The largest absolute Gasteiger partial charge is 0.387 e. The third-order valence-corrected chi connectivity index (χ3v) is 4.93. The smallest absolute Gasteiger partial charge is 0.0961 e. The van der Waals surface area contributed by atoms with Crippen molar-refractivity contribution in [3.8, 4) is 0 Å². The van der Waals surface area contributed by atoms with Crippen LogP contribution in [0.4, 0.5) is 0 Å². The molecule has 1 saturated carbocycles. The lowest BCUT2D eigenvalue weighted by atomic mass is 9.95. The first-order valence-electron chi connectivity index (χ1n) is 5.03. The van der Waals surface area contributed by atoms with E-state index in [1.165, 1.54) is 11.3 Å². The molecule has 14 heavy (non-hydrogen) atoms. The second-order valence-electron chi connectivity index (χ2n) is 4.22. The van der Waals surface area contributed by atoms with Crippen molar-refractivity contribution in [1.82, 2.24) is 0 Å². The van der Waals surface area contributed by atoms with E-state index in [1.54, 1.807) is 0 Å². The second kappa shape index (κ2) is 3.51. The quantitative estimate of drug-likeness (QED) is 0.834. The molecule has 0 aliphatic heterocycles. The van der Waals surface area contributed by atoms with Gasteiger partial charge in [-0.15, -0.1) is 11.3 Å². The number of aliphatic hydroxyl groups is 1. The molecule has 2 rings (SSSR count). The fourth-order valence-corrected chi connectivity index (χ4v) is 3.25. The summed E-state index contributed by atoms with van der Waals surface area (Å²) in [6.45, 7) is 4.14. The van der Waals surface area contributed by atoms with Gasteiger partial charge in [0.05, 0.1) is 10.4 Å². The Morgan fingerprint density at radius 3 is 2.64 bits per heavy atom. The molecule has 1 fully saturated rings. The number of hydrogen-bond donors (Lipinski definition) is 1. The van der Waals surface area contributed by atoms with Crippen LogP contribution in [0.3, 0.4) is 0 Å². The summed E-state index contributed by atoms with van der Waals surface area (Å²) in [6.07, 6.45) is 3.06. The van der Waals surface area contributed by atoms with Gasteiger partial charge in [0.25, 0.3) is 0 Å². The molecule has 1 aromatic rings. The summed E-state index contributed by atoms with van der Waals surface area (Å²) in [7, 11) is 0. The minimum atomic E-state index is -0.302. The van der Waals surface area contributed by atoms with Crippen LogP contribution in [0, 0.1) is 12.3 Å². The van der Waals surface area contributed by atoms with Crippen LogP contribution < -0.4 is 0 Å². The van der Waals surface area contributed by atoms with Gasteiger partial charge in [0.2, 0.25) is 0 Å². The molecule has 0 amide bonds. The Bertz CT molecular complexity index is 322. The Hall–Kier alpha value is -0.0500. The highest BCUT2D eigenvalue weighted by atomic mass is 35.5. The molecule has 0 spiro atoms. The molecule has 0 saturated heterocycles. The van der Waals surface area contributed by atoms with Crippen LogP contribution >= 0.6 is 22.9 Å². The summed E-state index contributed by atoms with van der Waals surface area (Å²) >= 11 is 7.51. The molecule has 1 heterocycles. The zero-order valence-electron chi connectivity index (χ0n) is 8.51. The van der Waals surface area contributed by atoms with Gasteiger partial charge >= 0.3 is 0 Å². The second-order valence-corrected chi connectivity index (χ2v) is 5.91. The predicted molar refractivity (Wildman–Crippen MR) is 61.0 cm³/mol. The fourth-order valence-electron chi connectivity index (χ4n) is 1.90. The molecule has 0 radical (unpaired) electrons. The van der Waals surface area contributed by atoms with E-state index < -0.39 is 0 Å². The van der Waals surface area contributed by atoms with E-state index in [-0.39, 0.29) is 11.5 Å². The molecular weight excluding hydrogens is 216 g/mol. The lowest BCUT2D eigenvalue weighted by molar-refractivity contribution is 0.0935. The van der Waals surface area contributed by atoms with Crippen molar-refractivity contribution in [2.24, 2.45) is 5.41 Å². The molecule has 0 aromatic carbocycles. The molecule has 1 aromatic heterocycles. The number of thiophene rings is 1. The highest BCUT2D eigenvalue weighted by Gasteiger charge is 2.48. The number of hydrogen-bond acceptors (Lipinski definition) is 2. The number of rotatable bonds is 3. The third-order valence-electron chi connectivity index (χ3n) is 3.32. The van der Waals surface area contributed by atoms with Gasteiger partial charge in [0.15, 0.2) is 0 Å². The standard InChI is InChI=1S/C11H15ClOS/c1-3-11(4-5-11)9(13)8-6-7(2)10(12)14-8/h6,9,13H,3-5H2,1-2H3. The summed E-state index contributed by atoms with van der Waals surface area (Å²) in [5, 5.41) is 10.2. The molecule has 3 heteroatoms. The molecule has 1 unspecified atom stereocenters. The summed E-state index contributed by atoms with van der Waals surface area (Å²) in [5.74, 6) is 0. The summed E-state index contributed by atoms with van der Waals surface area (Å²) in [6, 6.07) is 2.02. The minimum absolute atomic E-state index is 0.167. The van der Waals surface area contributed by atoms with Crippen molar-refractivity contribution >= 4 is 22.9 Å². The van der Waals surface area contributed by atoms with Crippen LogP contribution in [0.2, 0.25) is 4.34 Å². The Morgan fingerprint density at radius 1 is 1.64 bits per heavy atom.